The van der Waals surface area contributed by atoms with Crippen LogP contribution in [0.4, 0.5) is 5.69 Å². The van der Waals surface area contributed by atoms with E-state index in [2.05, 4.69) is 43.9 Å². The third-order valence-corrected chi connectivity index (χ3v) is 5.64. The molecule has 124 valence electrons. The Hall–Kier alpha value is -2.14. The summed E-state index contributed by atoms with van der Waals surface area (Å²) in [5.74, 6) is 0.955. The lowest BCUT2D eigenvalue weighted by molar-refractivity contribution is 0.249. The Bertz CT molecular complexity index is 882. The highest BCUT2D eigenvalue weighted by atomic mass is 15.2. The van der Waals surface area contributed by atoms with Crippen LogP contribution in [0, 0.1) is 5.92 Å². The number of pyridine rings is 2. The zero-order valence-electron chi connectivity index (χ0n) is 14.1. The van der Waals surface area contributed by atoms with Crippen molar-refractivity contribution in [2.75, 3.05) is 31.6 Å². The normalized spacial score (nSPS) is 21.4. The summed E-state index contributed by atoms with van der Waals surface area (Å²) in [6.45, 7) is 3.49. The Labute approximate surface area is 141 Å². The minimum absolute atomic E-state index is 0.664. The number of aromatic amines is 1. The molecule has 2 fully saturated rings. The lowest BCUT2D eigenvalue weighted by Gasteiger charge is -2.25. The third kappa shape index (κ3) is 2.35. The lowest BCUT2D eigenvalue weighted by atomic mass is 10.1. The van der Waals surface area contributed by atoms with Crippen LogP contribution >= 0.6 is 0 Å². The number of fused-ring (bicyclic) bond motifs is 3. The van der Waals surface area contributed by atoms with Gasteiger partial charge in [-0.1, -0.05) is 0 Å². The van der Waals surface area contributed by atoms with Gasteiger partial charge in [0.25, 0.3) is 0 Å². The molecule has 5 nitrogen and oxygen atoms in total. The highest BCUT2D eigenvalue weighted by molar-refractivity contribution is 6.10. The summed E-state index contributed by atoms with van der Waals surface area (Å²) in [5, 5.41) is 2.40. The number of likely N-dealkylation sites (N-methyl/N-ethyl adjacent to an activating group) is 1. The first-order valence-corrected chi connectivity index (χ1v) is 8.95. The molecule has 24 heavy (non-hydrogen) atoms. The number of H-pyrrole nitrogens is 1. The first kappa shape index (κ1) is 14.2. The van der Waals surface area contributed by atoms with E-state index in [9.17, 15) is 0 Å². The minimum Gasteiger partial charge on any atom is -0.369 e. The van der Waals surface area contributed by atoms with Crippen LogP contribution in [-0.2, 0) is 0 Å². The van der Waals surface area contributed by atoms with E-state index in [4.69, 9.17) is 0 Å². The number of hydrogen-bond donors (Lipinski definition) is 1. The Morgan fingerprint density at radius 2 is 2.17 bits per heavy atom. The highest BCUT2D eigenvalue weighted by Crippen LogP contribution is 2.34. The van der Waals surface area contributed by atoms with Crippen molar-refractivity contribution in [2.24, 2.45) is 5.92 Å². The molecule has 1 aliphatic heterocycles. The average molecular weight is 321 g/mol. The summed E-state index contributed by atoms with van der Waals surface area (Å²) in [7, 11) is 2.30. The molecule has 4 heterocycles. The number of hydrogen-bond acceptors (Lipinski definition) is 4. The van der Waals surface area contributed by atoms with Gasteiger partial charge in [0.1, 0.15) is 5.65 Å². The van der Waals surface area contributed by atoms with E-state index in [0.29, 0.717) is 6.04 Å². The Balaban J connectivity index is 1.49. The molecule has 3 aromatic rings. The smallest absolute Gasteiger partial charge is 0.138 e. The molecule has 0 aromatic carbocycles. The second-order valence-electron chi connectivity index (χ2n) is 7.36. The maximum atomic E-state index is 4.53. The van der Waals surface area contributed by atoms with Gasteiger partial charge in [0.05, 0.1) is 11.7 Å². The predicted octanol–water partition coefficient (Wildman–Crippen LogP) is 3.03. The zero-order chi connectivity index (χ0) is 16.1. The maximum Gasteiger partial charge on any atom is 0.138 e. The summed E-state index contributed by atoms with van der Waals surface area (Å²) < 4.78 is 0. The van der Waals surface area contributed by atoms with Crippen molar-refractivity contribution >= 4 is 27.6 Å². The van der Waals surface area contributed by atoms with Gasteiger partial charge in [-0.3, -0.25) is 4.98 Å². The van der Waals surface area contributed by atoms with E-state index in [-0.39, 0.29) is 0 Å². The summed E-state index contributed by atoms with van der Waals surface area (Å²) in [6.07, 6.45) is 9.85. The van der Waals surface area contributed by atoms with Gasteiger partial charge in [-0.25, -0.2) is 4.98 Å². The molecule has 1 unspecified atom stereocenters. The average Bonchev–Trinajstić information content (AvgIpc) is 3.12. The fourth-order valence-corrected chi connectivity index (χ4v) is 4.08. The Morgan fingerprint density at radius 1 is 1.25 bits per heavy atom. The van der Waals surface area contributed by atoms with Crippen molar-refractivity contribution in [3.63, 3.8) is 0 Å². The van der Waals surface area contributed by atoms with Crippen molar-refractivity contribution in [3.8, 4) is 0 Å². The van der Waals surface area contributed by atoms with Gasteiger partial charge in [-0.2, -0.15) is 0 Å². The van der Waals surface area contributed by atoms with Crippen LogP contribution in [0.2, 0.25) is 0 Å². The van der Waals surface area contributed by atoms with E-state index in [1.54, 1.807) is 0 Å². The standard InChI is InChI=1S/C19H23N5/c1-23(11-13-2-3-13)14-6-9-24(12-14)17-5-8-20-16-10-22-19-15(18(16)17)4-7-21-19/h4-5,7-8,10,13-14H,2-3,6,9,11-12H2,1H3,(H,21,22). The molecule has 5 heteroatoms. The predicted molar refractivity (Wildman–Crippen MR) is 97.4 cm³/mol. The van der Waals surface area contributed by atoms with E-state index in [1.807, 2.05) is 18.6 Å². The fourth-order valence-electron chi connectivity index (χ4n) is 4.08. The minimum atomic E-state index is 0.664. The molecule has 1 saturated carbocycles. The highest BCUT2D eigenvalue weighted by Gasteiger charge is 2.31. The third-order valence-electron chi connectivity index (χ3n) is 5.64. The van der Waals surface area contributed by atoms with Crippen LogP contribution in [0.3, 0.4) is 0 Å². The van der Waals surface area contributed by atoms with Crippen LogP contribution in [0.25, 0.3) is 21.9 Å². The van der Waals surface area contributed by atoms with Gasteiger partial charge in [-0.15, -0.1) is 0 Å². The lowest BCUT2D eigenvalue weighted by Crippen LogP contribution is -2.35. The fraction of sp³-hybridized carbons (Fsp3) is 0.474. The van der Waals surface area contributed by atoms with E-state index in [0.717, 1.165) is 30.2 Å². The van der Waals surface area contributed by atoms with Gasteiger partial charge >= 0.3 is 0 Å². The van der Waals surface area contributed by atoms with E-state index < -0.39 is 0 Å². The number of nitrogens with zero attached hydrogens (tertiary/aromatic N) is 4. The maximum absolute atomic E-state index is 4.53. The summed E-state index contributed by atoms with van der Waals surface area (Å²) in [5.41, 5.74) is 3.22. The molecule has 1 saturated heterocycles. The molecule has 5 rings (SSSR count). The monoisotopic (exact) mass is 321 g/mol. The van der Waals surface area contributed by atoms with Gasteiger partial charge in [0, 0.05) is 54.5 Å². The molecular weight excluding hydrogens is 298 g/mol. The molecule has 2 aliphatic rings. The largest absolute Gasteiger partial charge is 0.369 e. The van der Waals surface area contributed by atoms with Crippen molar-refractivity contribution < 1.29 is 0 Å². The van der Waals surface area contributed by atoms with Crippen LogP contribution in [-0.4, -0.2) is 52.6 Å². The molecule has 0 spiro atoms. The molecule has 1 atom stereocenters. The van der Waals surface area contributed by atoms with Gasteiger partial charge in [0.15, 0.2) is 0 Å². The van der Waals surface area contributed by atoms with Gasteiger partial charge in [0.2, 0.25) is 0 Å². The van der Waals surface area contributed by atoms with Crippen LogP contribution < -0.4 is 4.90 Å². The van der Waals surface area contributed by atoms with E-state index in [1.165, 1.54) is 42.3 Å². The zero-order valence-corrected chi connectivity index (χ0v) is 14.1. The number of anilines is 1. The molecule has 1 aliphatic carbocycles. The van der Waals surface area contributed by atoms with Crippen LogP contribution in [0.5, 0.6) is 0 Å². The van der Waals surface area contributed by atoms with Crippen molar-refractivity contribution in [1.29, 1.82) is 0 Å². The quantitative estimate of drug-likeness (QED) is 0.802. The molecule has 0 bridgehead atoms. The van der Waals surface area contributed by atoms with Gasteiger partial charge in [-0.05, 0) is 44.4 Å². The van der Waals surface area contributed by atoms with Crippen LogP contribution in [0.1, 0.15) is 19.3 Å². The summed E-state index contributed by atoms with van der Waals surface area (Å²) in [4.78, 5) is 17.3. The Morgan fingerprint density at radius 3 is 3.04 bits per heavy atom. The second-order valence-corrected chi connectivity index (χ2v) is 7.36. The van der Waals surface area contributed by atoms with Crippen molar-refractivity contribution in [2.45, 2.75) is 25.3 Å². The Kier molecular flexibility index (Phi) is 3.23. The van der Waals surface area contributed by atoms with Crippen molar-refractivity contribution in [1.82, 2.24) is 19.9 Å². The topological polar surface area (TPSA) is 48.1 Å². The molecular formula is C19H23N5. The molecule has 1 N–H and O–H groups in total. The van der Waals surface area contributed by atoms with Gasteiger partial charge < -0.3 is 14.8 Å². The number of aromatic nitrogens is 3. The summed E-state index contributed by atoms with van der Waals surface area (Å²) >= 11 is 0. The number of rotatable bonds is 4. The van der Waals surface area contributed by atoms with Crippen molar-refractivity contribution in [3.05, 3.63) is 30.7 Å². The van der Waals surface area contributed by atoms with E-state index >= 15 is 0 Å². The first-order valence-electron chi connectivity index (χ1n) is 8.95. The second kappa shape index (κ2) is 5.45. The van der Waals surface area contributed by atoms with Crippen LogP contribution in [0.15, 0.2) is 30.7 Å². The molecule has 0 radical (unpaired) electrons. The summed E-state index contributed by atoms with van der Waals surface area (Å²) in [6, 6.07) is 4.94. The first-order chi connectivity index (χ1) is 11.8. The molecule has 3 aromatic heterocycles. The SMILES string of the molecule is CN(CC1CC1)C1CCN(c2ccnc3cnc4[nH]ccc4c23)C1. The molecule has 0 amide bonds. The number of nitrogens with one attached hydrogen (secondary N) is 1.